The molecule has 1 heterocycles. The van der Waals surface area contributed by atoms with Gasteiger partial charge in [0, 0.05) is 22.0 Å². The van der Waals surface area contributed by atoms with Gasteiger partial charge in [-0.15, -0.1) is 23.7 Å². The van der Waals surface area contributed by atoms with Gasteiger partial charge >= 0.3 is 0 Å². The lowest BCUT2D eigenvalue weighted by atomic mass is 10.2. The van der Waals surface area contributed by atoms with Crippen LogP contribution in [0.5, 0.6) is 0 Å². The summed E-state index contributed by atoms with van der Waals surface area (Å²) in [5, 5.41) is 7.64. The first kappa shape index (κ1) is 13.9. The summed E-state index contributed by atoms with van der Waals surface area (Å²) in [7, 11) is 0. The molecule has 0 saturated heterocycles. The summed E-state index contributed by atoms with van der Waals surface area (Å²) in [6.07, 6.45) is 2.49. The van der Waals surface area contributed by atoms with E-state index < -0.39 is 0 Å². The second-order valence-corrected chi connectivity index (χ2v) is 5.78. The Morgan fingerprint density at radius 2 is 2.06 bits per heavy atom. The molecule has 1 aromatic heterocycles. The van der Waals surface area contributed by atoms with Gasteiger partial charge in [-0.2, -0.15) is 0 Å². The van der Waals surface area contributed by atoms with E-state index >= 15 is 0 Å². The van der Waals surface area contributed by atoms with Gasteiger partial charge in [-0.05, 0) is 31.0 Å². The van der Waals surface area contributed by atoms with E-state index in [9.17, 15) is 0 Å². The van der Waals surface area contributed by atoms with E-state index in [0.717, 1.165) is 16.4 Å². The molecule has 2 nitrogen and oxygen atoms in total. The molecule has 96 valence electrons. The predicted octanol–water partition coefficient (Wildman–Crippen LogP) is 5.11. The Hall–Kier alpha value is -0.480. The van der Waals surface area contributed by atoms with E-state index in [-0.39, 0.29) is 12.4 Å². The zero-order chi connectivity index (χ0) is 11.8. The van der Waals surface area contributed by atoms with Crippen LogP contribution < -0.4 is 5.32 Å². The third-order valence-electron chi connectivity index (χ3n) is 2.62. The number of aromatic nitrogens is 1. The zero-order valence-corrected chi connectivity index (χ0v) is 12.5. The smallest absolute Gasteiger partial charge is 0.183 e. The van der Waals surface area contributed by atoms with Crippen LogP contribution in [0.3, 0.4) is 0 Å². The highest BCUT2D eigenvalue weighted by molar-refractivity contribution is 7.14. The number of benzene rings is 1. The fourth-order valence-corrected chi connectivity index (χ4v) is 2.86. The molecular weight excluding hydrogens is 311 g/mol. The van der Waals surface area contributed by atoms with Gasteiger partial charge in [0.05, 0.1) is 10.7 Å². The molecule has 2 aromatic rings. The molecule has 0 bridgehead atoms. The topological polar surface area (TPSA) is 24.9 Å². The summed E-state index contributed by atoms with van der Waals surface area (Å²) in [5.74, 6) is 0. The molecule has 0 atom stereocenters. The number of hydrogen-bond acceptors (Lipinski definition) is 3. The van der Waals surface area contributed by atoms with Crippen LogP contribution in [-0.2, 0) is 0 Å². The summed E-state index contributed by atoms with van der Waals surface area (Å²) in [6.45, 7) is 0. The number of nitrogens with zero attached hydrogens (tertiary/aromatic N) is 1. The molecule has 18 heavy (non-hydrogen) atoms. The van der Waals surface area contributed by atoms with E-state index in [2.05, 4.69) is 10.3 Å². The van der Waals surface area contributed by atoms with E-state index in [0.29, 0.717) is 16.1 Å². The molecule has 0 aliphatic heterocycles. The molecular formula is C12H11Cl3N2S. The summed E-state index contributed by atoms with van der Waals surface area (Å²) >= 11 is 13.6. The lowest BCUT2D eigenvalue weighted by Crippen LogP contribution is -1.99. The van der Waals surface area contributed by atoms with Crippen LogP contribution in [0.2, 0.25) is 10.0 Å². The fraction of sp³-hybridized carbons (Fsp3) is 0.250. The Morgan fingerprint density at radius 3 is 2.72 bits per heavy atom. The third-order valence-corrected chi connectivity index (χ3v) is 3.94. The van der Waals surface area contributed by atoms with Gasteiger partial charge in [0.15, 0.2) is 5.13 Å². The number of thiazole rings is 1. The van der Waals surface area contributed by atoms with Gasteiger partial charge in [0.25, 0.3) is 0 Å². The Morgan fingerprint density at radius 1 is 1.28 bits per heavy atom. The number of hydrogen-bond donors (Lipinski definition) is 1. The van der Waals surface area contributed by atoms with Crippen molar-refractivity contribution in [1.29, 1.82) is 0 Å². The van der Waals surface area contributed by atoms with Crippen molar-refractivity contribution in [3.8, 4) is 11.3 Å². The highest BCUT2D eigenvalue weighted by Crippen LogP contribution is 2.33. The monoisotopic (exact) mass is 320 g/mol. The van der Waals surface area contributed by atoms with E-state index in [4.69, 9.17) is 23.2 Å². The molecule has 1 aliphatic rings. The van der Waals surface area contributed by atoms with Gasteiger partial charge < -0.3 is 5.32 Å². The summed E-state index contributed by atoms with van der Waals surface area (Å²) < 4.78 is 0. The Balaban J connectivity index is 0.00000120. The minimum atomic E-state index is 0. The molecule has 0 amide bonds. The predicted molar refractivity (Wildman–Crippen MR) is 81.5 cm³/mol. The lowest BCUT2D eigenvalue weighted by molar-refractivity contribution is 1.14. The molecule has 0 radical (unpaired) electrons. The number of rotatable bonds is 3. The third kappa shape index (κ3) is 3.09. The SMILES string of the molecule is Cl.Clc1ccc(-c2csc(NC3CC3)n2)c(Cl)c1. The van der Waals surface area contributed by atoms with Crippen molar-refractivity contribution in [3.63, 3.8) is 0 Å². The molecule has 1 N–H and O–H groups in total. The van der Waals surface area contributed by atoms with Crippen molar-refractivity contribution >= 4 is 52.1 Å². The highest BCUT2D eigenvalue weighted by atomic mass is 35.5. The average Bonchev–Trinajstić information content (AvgIpc) is 2.96. The maximum absolute atomic E-state index is 6.15. The van der Waals surface area contributed by atoms with Gasteiger partial charge in [0.2, 0.25) is 0 Å². The first-order chi connectivity index (χ1) is 8.22. The largest absolute Gasteiger partial charge is 0.359 e. The van der Waals surface area contributed by atoms with Crippen LogP contribution in [0.25, 0.3) is 11.3 Å². The quantitative estimate of drug-likeness (QED) is 0.849. The molecule has 6 heteroatoms. The fourth-order valence-electron chi connectivity index (χ4n) is 1.56. The number of halogens is 3. The maximum atomic E-state index is 6.15. The van der Waals surface area contributed by atoms with Crippen LogP contribution in [0.15, 0.2) is 23.6 Å². The number of nitrogens with one attached hydrogen (secondary N) is 1. The zero-order valence-electron chi connectivity index (χ0n) is 9.32. The van der Waals surface area contributed by atoms with Gasteiger partial charge in [0.1, 0.15) is 0 Å². The Bertz CT molecular complexity index is 552. The Kier molecular flexibility index (Phi) is 4.38. The minimum absolute atomic E-state index is 0. The van der Waals surface area contributed by atoms with Gasteiger partial charge in [-0.25, -0.2) is 4.98 Å². The van der Waals surface area contributed by atoms with Crippen molar-refractivity contribution in [1.82, 2.24) is 4.98 Å². The van der Waals surface area contributed by atoms with Crippen LogP contribution in [0.1, 0.15) is 12.8 Å². The molecule has 1 aromatic carbocycles. The molecule has 3 rings (SSSR count). The van der Waals surface area contributed by atoms with Crippen LogP contribution in [0, 0.1) is 0 Å². The van der Waals surface area contributed by atoms with E-state index in [1.165, 1.54) is 12.8 Å². The molecule has 1 fully saturated rings. The Labute approximate surface area is 126 Å². The molecule has 1 saturated carbocycles. The lowest BCUT2D eigenvalue weighted by Gasteiger charge is -2.01. The summed E-state index contributed by atoms with van der Waals surface area (Å²) in [4.78, 5) is 4.53. The van der Waals surface area contributed by atoms with Crippen LogP contribution in [0.4, 0.5) is 5.13 Å². The number of anilines is 1. The molecule has 0 spiro atoms. The van der Waals surface area contributed by atoms with E-state index in [1.807, 2.05) is 17.5 Å². The normalized spacial score (nSPS) is 14.1. The van der Waals surface area contributed by atoms with Crippen molar-refractivity contribution in [3.05, 3.63) is 33.6 Å². The van der Waals surface area contributed by atoms with Gasteiger partial charge in [-0.1, -0.05) is 23.2 Å². The van der Waals surface area contributed by atoms with E-state index in [1.54, 1.807) is 17.4 Å². The first-order valence-electron chi connectivity index (χ1n) is 5.40. The van der Waals surface area contributed by atoms with Crippen molar-refractivity contribution in [2.45, 2.75) is 18.9 Å². The maximum Gasteiger partial charge on any atom is 0.183 e. The minimum Gasteiger partial charge on any atom is -0.359 e. The summed E-state index contributed by atoms with van der Waals surface area (Å²) in [6, 6.07) is 6.09. The second-order valence-electron chi connectivity index (χ2n) is 4.08. The first-order valence-corrected chi connectivity index (χ1v) is 7.03. The van der Waals surface area contributed by atoms with Crippen molar-refractivity contribution in [2.75, 3.05) is 5.32 Å². The molecule has 0 unspecified atom stereocenters. The standard InChI is InChI=1S/C12H10Cl2N2S.ClH/c13-7-1-4-9(10(14)5-7)11-6-17-12(16-11)15-8-2-3-8;/h1,4-6,8H,2-3H2,(H,15,16);1H. The summed E-state index contributed by atoms with van der Waals surface area (Å²) in [5.41, 5.74) is 1.83. The van der Waals surface area contributed by atoms with Crippen LogP contribution >= 0.6 is 46.9 Å². The highest BCUT2D eigenvalue weighted by Gasteiger charge is 2.22. The average molecular weight is 322 g/mol. The van der Waals surface area contributed by atoms with Crippen LogP contribution in [-0.4, -0.2) is 11.0 Å². The second kappa shape index (κ2) is 5.66. The van der Waals surface area contributed by atoms with Crippen molar-refractivity contribution in [2.24, 2.45) is 0 Å². The van der Waals surface area contributed by atoms with Gasteiger partial charge in [-0.3, -0.25) is 0 Å². The molecule has 1 aliphatic carbocycles. The van der Waals surface area contributed by atoms with Crippen molar-refractivity contribution < 1.29 is 0 Å².